The van der Waals surface area contributed by atoms with E-state index in [1.165, 1.54) is 30.2 Å². The Morgan fingerprint density at radius 2 is 2.05 bits per heavy atom. The minimum atomic E-state index is -1.21. The van der Waals surface area contributed by atoms with Crippen LogP contribution >= 0.6 is 0 Å². The van der Waals surface area contributed by atoms with Crippen LogP contribution in [-0.4, -0.2) is 17.6 Å². The van der Waals surface area contributed by atoms with E-state index in [0.29, 0.717) is 11.3 Å². The second-order valence-corrected chi connectivity index (χ2v) is 6.12. The second-order valence-electron chi connectivity index (χ2n) is 6.12. The monoisotopic (exact) mass is 299 g/mol. The van der Waals surface area contributed by atoms with Crippen molar-refractivity contribution >= 4 is 5.91 Å². The molecule has 1 aromatic heterocycles. The highest BCUT2D eigenvalue weighted by molar-refractivity contribution is 5.94. The van der Waals surface area contributed by atoms with Crippen LogP contribution in [0, 0.1) is 0 Å². The van der Waals surface area contributed by atoms with Crippen molar-refractivity contribution in [1.29, 1.82) is 0 Å². The number of furan rings is 1. The molecule has 0 radical (unpaired) electrons. The normalized spacial score (nSPS) is 16.6. The first-order valence-corrected chi connectivity index (χ1v) is 7.73. The minimum Gasteiger partial charge on any atom is -0.466 e. The van der Waals surface area contributed by atoms with Gasteiger partial charge in [0.2, 0.25) is 0 Å². The van der Waals surface area contributed by atoms with E-state index in [4.69, 9.17) is 4.42 Å². The fraction of sp³-hybridized carbons (Fsp3) is 0.389. The molecule has 3 rings (SSSR count). The molecule has 0 bridgehead atoms. The first kappa shape index (κ1) is 14.9. The predicted molar refractivity (Wildman–Crippen MR) is 83.7 cm³/mol. The Balaban J connectivity index is 1.67. The summed E-state index contributed by atoms with van der Waals surface area (Å²) in [6.45, 7) is 1.73. The Bertz CT molecular complexity index is 659. The lowest BCUT2D eigenvalue weighted by molar-refractivity contribution is 0.0330. The third-order valence-corrected chi connectivity index (χ3v) is 4.26. The SMILES string of the molecule is CC(O)(CNC(=O)c1ccc2c(c1)CCCC2)c1ccco1. The number of fused-ring (bicyclic) bond motifs is 1. The molecule has 22 heavy (non-hydrogen) atoms. The van der Waals surface area contributed by atoms with Crippen LogP contribution in [0.3, 0.4) is 0 Å². The molecule has 0 saturated heterocycles. The van der Waals surface area contributed by atoms with Crippen molar-refractivity contribution in [2.75, 3.05) is 6.54 Å². The standard InChI is InChI=1S/C18H21NO3/c1-18(21,16-7-4-10-22-16)12-19-17(20)15-9-8-13-5-2-3-6-14(13)11-15/h4,7-11,21H,2-3,5-6,12H2,1H3,(H,19,20). The van der Waals surface area contributed by atoms with E-state index in [0.717, 1.165) is 12.8 Å². The second kappa shape index (κ2) is 5.97. The van der Waals surface area contributed by atoms with Gasteiger partial charge in [0, 0.05) is 5.56 Å². The fourth-order valence-corrected chi connectivity index (χ4v) is 2.90. The van der Waals surface area contributed by atoms with Crippen LogP contribution < -0.4 is 5.32 Å². The third-order valence-electron chi connectivity index (χ3n) is 4.26. The molecule has 1 unspecified atom stereocenters. The summed E-state index contributed by atoms with van der Waals surface area (Å²) in [7, 11) is 0. The number of benzene rings is 1. The average molecular weight is 299 g/mol. The molecule has 0 spiro atoms. The maximum Gasteiger partial charge on any atom is 0.251 e. The average Bonchev–Trinajstić information content (AvgIpc) is 3.07. The molecule has 116 valence electrons. The Kier molecular flexibility index (Phi) is 4.03. The van der Waals surface area contributed by atoms with Gasteiger partial charge < -0.3 is 14.8 Å². The number of nitrogens with one attached hydrogen (secondary N) is 1. The summed E-state index contributed by atoms with van der Waals surface area (Å²) in [4.78, 5) is 12.3. The summed E-state index contributed by atoms with van der Waals surface area (Å²) < 4.78 is 5.21. The number of hydrogen-bond donors (Lipinski definition) is 2. The zero-order valence-corrected chi connectivity index (χ0v) is 12.8. The van der Waals surface area contributed by atoms with Crippen LogP contribution in [-0.2, 0) is 18.4 Å². The molecule has 1 aliphatic carbocycles. The Labute approximate surface area is 130 Å². The Morgan fingerprint density at radius 1 is 1.27 bits per heavy atom. The van der Waals surface area contributed by atoms with Crippen LogP contribution in [0.4, 0.5) is 0 Å². The van der Waals surface area contributed by atoms with Gasteiger partial charge in [0.15, 0.2) is 0 Å². The third kappa shape index (κ3) is 3.07. The molecular weight excluding hydrogens is 278 g/mol. The van der Waals surface area contributed by atoms with Gasteiger partial charge in [-0.05, 0) is 68.0 Å². The summed E-state index contributed by atoms with van der Waals surface area (Å²) in [5, 5.41) is 13.1. The molecule has 1 aromatic carbocycles. The predicted octanol–water partition coefficient (Wildman–Crippen LogP) is 2.80. The fourth-order valence-electron chi connectivity index (χ4n) is 2.90. The van der Waals surface area contributed by atoms with E-state index in [1.807, 2.05) is 18.2 Å². The van der Waals surface area contributed by atoms with Crippen molar-refractivity contribution in [2.24, 2.45) is 0 Å². The van der Waals surface area contributed by atoms with E-state index in [2.05, 4.69) is 5.32 Å². The molecule has 0 fully saturated rings. The topological polar surface area (TPSA) is 62.5 Å². The van der Waals surface area contributed by atoms with E-state index < -0.39 is 5.60 Å². The molecule has 1 atom stereocenters. The van der Waals surface area contributed by atoms with Gasteiger partial charge in [-0.2, -0.15) is 0 Å². The van der Waals surface area contributed by atoms with Crippen molar-refractivity contribution in [1.82, 2.24) is 5.32 Å². The van der Waals surface area contributed by atoms with Crippen LogP contribution in [0.25, 0.3) is 0 Å². The molecule has 2 aromatic rings. The number of carbonyl (C=O) groups excluding carboxylic acids is 1. The van der Waals surface area contributed by atoms with Gasteiger partial charge in [-0.3, -0.25) is 4.79 Å². The summed E-state index contributed by atoms with van der Waals surface area (Å²) in [5.74, 6) is 0.276. The summed E-state index contributed by atoms with van der Waals surface area (Å²) >= 11 is 0. The number of aryl methyl sites for hydroxylation is 2. The Morgan fingerprint density at radius 3 is 2.77 bits per heavy atom. The highest BCUT2D eigenvalue weighted by atomic mass is 16.4. The molecule has 1 amide bonds. The maximum atomic E-state index is 12.3. The molecule has 1 heterocycles. The van der Waals surface area contributed by atoms with Crippen molar-refractivity contribution < 1.29 is 14.3 Å². The van der Waals surface area contributed by atoms with E-state index in [-0.39, 0.29) is 12.5 Å². The van der Waals surface area contributed by atoms with Crippen molar-refractivity contribution in [3.8, 4) is 0 Å². The van der Waals surface area contributed by atoms with Gasteiger partial charge in [-0.25, -0.2) is 0 Å². The lowest BCUT2D eigenvalue weighted by atomic mass is 9.90. The smallest absolute Gasteiger partial charge is 0.251 e. The molecule has 4 nitrogen and oxygen atoms in total. The molecule has 4 heteroatoms. The van der Waals surface area contributed by atoms with Crippen molar-refractivity contribution in [3.63, 3.8) is 0 Å². The van der Waals surface area contributed by atoms with Crippen LogP contribution in [0.15, 0.2) is 41.0 Å². The number of carbonyl (C=O) groups is 1. The van der Waals surface area contributed by atoms with Gasteiger partial charge in [0.05, 0.1) is 12.8 Å². The maximum absolute atomic E-state index is 12.3. The molecular formula is C18H21NO3. The molecule has 1 aliphatic rings. The van der Waals surface area contributed by atoms with Crippen LogP contribution in [0.5, 0.6) is 0 Å². The zero-order chi connectivity index (χ0) is 15.6. The van der Waals surface area contributed by atoms with Crippen LogP contribution in [0.1, 0.15) is 47.0 Å². The highest BCUT2D eigenvalue weighted by Gasteiger charge is 2.27. The number of aliphatic hydroxyl groups is 1. The first-order valence-electron chi connectivity index (χ1n) is 7.73. The summed E-state index contributed by atoms with van der Waals surface area (Å²) in [6, 6.07) is 9.31. The van der Waals surface area contributed by atoms with Crippen molar-refractivity contribution in [2.45, 2.75) is 38.2 Å². The quantitative estimate of drug-likeness (QED) is 0.912. The van der Waals surface area contributed by atoms with Crippen molar-refractivity contribution in [3.05, 3.63) is 59.0 Å². The number of amides is 1. The van der Waals surface area contributed by atoms with E-state index in [1.54, 1.807) is 19.1 Å². The van der Waals surface area contributed by atoms with Gasteiger partial charge in [0.1, 0.15) is 11.4 Å². The Hall–Kier alpha value is -2.07. The van der Waals surface area contributed by atoms with Gasteiger partial charge in [-0.1, -0.05) is 6.07 Å². The van der Waals surface area contributed by atoms with Crippen LogP contribution in [0.2, 0.25) is 0 Å². The lowest BCUT2D eigenvalue weighted by Crippen LogP contribution is -2.38. The molecule has 0 saturated carbocycles. The molecule has 2 N–H and O–H groups in total. The van der Waals surface area contributed by atoms with Gasteiger partial charge in [0.25, 0.3) is 5.91 Å². The summed E-state index contributed by atoms with van der Waals surface area (Å²) in [6.07, 6.45) is 6.07. The largest absolute Gasteiger partial charge is 0.466 e. The number of rotatable bonds is 4. The van der Waals surface area contributed by atoms with E-state index >= 15 is 0 Å². The lowest BCUT2D eigenvalue weighted by Gasteiger charge is -2.21. The van der Waals surface area contributed by atoms with Gasteiger partial charge >= 0.3 is 0 Å². The number of hydrogen-bond acceptors (Lipinski definition) is 3. The first-order chi connectivity index (χ1) is 10.6. The molecule has 0 aliphatic heterocycles. The summed E-state index contributed by atoms with van der Waals surface area (Å²) in [5.41, 5.74) is 2.06. The van der Waals surface area contributed by atoms with E-state index in [9.17, 15) is 9.90 Å². The van der Waals surface area contributed by atoms with Gasteiger partial charge in [-0.15, -0.1) is 0 Å². The zero-order valence-electron chi connectivity index (χ0n) is 12.8. The minimum absolute atomic E-state index is 0.108. The highest BCUT2D eigenvalue weighted by Crippen LogP contribution is 2.23.